The van der Waals surface area contributed by atoms with Gasteiger partial charge in [-0.25, -0.2) is 0 Å². The fourth-order valence-corrected chi connectivity index (χ4v) is 2.21. The van der Waals surface area contributed by atoms with Crippen LogP contribution in [0.3, 0.4) is 0 Å². The topological polar surface area (TPSA) is 29.3 Å². The molecule has 0 aliphatic carbocycles. The molecule has 1 unspecified atom stereocenters. The predicted molar refractivity (Wildman–Crippen MR) is 57.7 cm³/mol. The number of hydrogen-bond donors (Lipinski definition) is 1. The van der Waals surface area contributed by atoms with Gasteiger partial charge in [-0.1, -0.05) is 13.3 Å². The third-order valence-electron chi connectivity index (χ3n) is 3.01. The Balaban J connectivity index is 2.16. The summed E-state index contributed by atoms with van der Waals surface area (Å²) in [5, 5.41) is 0. The zero-order valence-corrected chi connectivity index (χ0v) is 8.97. The minimum absolute atomic E-state index is 0.867. The van der Waals surface area contributed by atoms with Crippen LogP contribution in [0.5, 0.6) is 0 Å². The summed E-state index contributed by atoms with van der Waals surface area (Å²) < 4.78 is 0. The molecule has 1 aliphatic heterocycles. The van der Waals surface area contributed by atoms with Gasteiger partial charge in [-0.05, 0) is 51.2 Å². The van der Waals surface area contributed by atoms with E-state index in [2.05, 4.69) is 11.8 Å². The van der Waals surface area contributed by atoms with Crippen molar-refractivity contribution >= 4 is 0 Å². The lowest BCUT2D eigenvalue weighted by molar-refractivity contribution is 0.168. The van der Waals surface area contributed by atoms with E-state index < -0.39 is 0 Å². The summed E-state index contributed by atoms with van der Waals surface area (Å²) in [6, 6.07) is 0. The van der Waals surface area contributed by atoms with E-state index in [4.69, 9.17) is 5.73 Å². The second-order valence-electron chi connectivity index (χ2n) is 4.24. The average Bonchev–Trinajstić information content (AvgIpc) is 2.16. The van der Waals surface area contributed by atoms with Crippen LogP contribution in [0.25, 0.3) is 0 Å². The predicted octanol–water partition coefficient (Wildman–Crippen LogP) is 1.85. The number of nitrogens with zero attached hydrogens (tertiary/aromatic N) is 1. The van der Waals surface area contributed by atoms with Crippen LogP contribution in [0, 0.1) is 5.92 Å². The van der Waals surface area contributed by atoms with Crippen LogP contribution in [0.2, 0.25) is 0 Å². The standard InChI is InChI=1S/C11H24N2/c1-2-3-8-13-9-4-5-11(10-13)6-7-12/h11H,2-10,12H2,1H3. The van der Waals surface area contributed by atoms with Gasteiger partial charge < -0.3 is 10.6 Å². The third kappa shape index (κ3) is 4.10. The highest BCUT2D eigenvalue weighted by atomic mass is 15.1. The summed E-state index contributed by atoms with van der Waals surface area (Å²) in [4.78, 5) is 2.62. The molecule has 0 aromatic heterocycles. The molecule has 1 heterocycles. The lowest BCUT2D eigenvalue weighted by Crippen LogP contribution is -2.36. The van der Waals surface area contributed by atoms with E-state index in [0.29, 0.717) is 0 Å². The van der Waals surface area contributed by atoms with Gasteiger partial charge in [0.1, 0.15) is 0 Å². The van der Waals surface area contributed by atoms with E-state index in [1.807, 2.05) is 0 Å². The van der Waals surface area contributed by atoms with Crippen LogP contribution < -0.4 is 5.73 Å². The number of unbranched alkanes of at least 4 members (excludes halogenated alkanes) is 1. The van der Waals surface area contributed by atoms with Gasteiger partial charge in [-0.3, -0.25) is 0 Å². The highest BCUT2D eigenvalue weighted by Gasteiger charge is 2.18. The smallest absolute Gasteiger partial charge is 0.00101 e. The van der Waals surface area contributed by atoms with Crippen LogP contribution in [0.15, 0.2) is 0 Å². The molecule has 1 atom stereocenters. The lowest BCUT2D eigenvalue weighted by Gasteiger charge is -2.32. The first-order valence-corrected chi connectivity index (χ1v) is 5.79. The van der Waals surface area contributed by atoms with Gasteiger partial charge in [-0.15, -0.1) is 0 Å². The van der Waals surface area contributed by atoms with Crippen molar-refractivity contribution < 1.29 is 0 Å². The molecule has 1 aliphatic rings. The fourth-order valence-electron chi connectivity index (χ4n) is 2.21. The molecular weight excluding hydrogens is 160 g/mol. The molecule has 1 rings (SSSR count). The van der Waals surface area contributed by atoms with E-state index in [-0.39, 0.29) is 0 Å². The number of piperidine rings is 1. The SMILES string of the molecule is CCCCN1CCCC(CCN)C1. The van der Waals surface area contributed by atoms with E-state index in [1.54, 1.807) is 0 Å². The molecular formula is C11H24N2. The number of rotatable bonds is 5. The van der Waals surface area contributed by atoms with Crippen LogP contribution in [0.1, 0.15) is 39.0 Å². The van der Waals surface area contributed by atoms with Crippen molar-refractivity contribution in [3.8, 4) is 0 Å². The molecule has 1 saturated heterocycles. The van der Waals surface area contributed by atoms with Crippen LogP contribution in [-0.4, -0.2) is 31.1 Å². The Morgan fingerprint density at radius 1 is 1.46 bits per heavy atom. The third-order valence-corrected chi connectivity index (χ3v) is 3.01. The molecule has 78 valence electrons. The first kappa shape index (κ1) is 11.0. The van der Waals surface area contributed by atoms with Crippen LogP contribution in [-0.2, 0) is 0 Å². The maximum absolute atomic E-state index is 5.59. The van der Waals surface area contributed by atoms with Gasteiger partial charge in [0.05, 0.1) is 0 Å². The first-order valence-electron chi connectivity index (χ1n) is 5.79. The van der Waals surface area contributed by atoms with Crippen molar-refractivity contribution in [2.24, 2.45) is 11.7 Å². The van der Waals surface area contributed by atoms with Crippen molar-refractivity contribution in [1.29, 1.82) is 0 Å². The van der Waals surface area contributed by atoms with Crippen LogP contribution in [0.4, 0.5) is 0 Å². The molecule has 0 spiro atoms. The van der Waals surface area contributed by atoms with Crippen molar-refractivity contribution in [2.45, 2.75) is 39.0 Å². The second-order valence-corrected chi connectivity index (χ2v) is 4.24. The van der Waals surface area contributed by atoms with E-state index in [0.717, 1.165) is 12.5 Å². The minimum atomic E-state index is 0.867. The first-order chi connectivity index (χ1) is 6.36. The van der Waals surface area contributed by atoms with Gasteiger partial charge in [-0.2, -0.15) is 0 Å². The Bertz CT molecular complexity index is 123. The summed E-state index contributed by atoms with van der Waals surface area (Å²) in [6.07, 6.45) is 6.68. The molecule has 2 N–H and O–H groups in total. The Morgan fingerprint density at radius 2 is 2.31 bits per heavy atom. The Morgan fingerprint density at radius 3 is 3.00 bits per heavy atom. The van der Waals surface area contributed by atoms with Gasteiger partial charge in [0, 0.05) is 6.54 Å². The van der Waals surface area contributed by atoms with E-state index in [1.165, 1.54) is 51.7 Å². The van der Waals surface area contributed by atoms with Gasteiger partial charge in [0.25, 0.3) is 0 Å². The molecule has 0 aromatic carbocycles. The second kappa shape index (κ2) is 6.39. The van der Waals surface area contributed by atoms with Gasteiger partial charge >= 0.3 is 0 Å². The Labute approximate surface area is 82.5 Å². The molecule has 13 heavy (non-hydrogen) atoms. The van der Waals surface area contributed by atoms with Gasteiger partial charge in [0.15, 0.2) is 0 Å². The fraction of sp³-hybridized carbons (Fsp3) is 1.00. The van der Waals surface area contributed by atoms with E-state index in [9.17, 15) is 0 Å². The normalized spacial score (nSPS) is 24.9. The summed E-state index contributed by atoms with van der Waals surface area (Å²) >= 11 is 0. The summed E-state index contributed by atoms with van der Waals surface area (Å²) in [5.74, 6) is 0.885. The minimum Gasteiger partial charge on any atom is -0.330 e. The summed E-state index contributed by atoms with van der Waals surface area (Å²) in [5.41, 5.74) is 5.59. The molecule has 0 amide bonds. The van der Waals surface area contributed by atoms with Crippen molar-refractivity contribution in [1.82, 2.24) is 4.90 Å². The highest BCUT2D eigenvalue weighted by molar-refractivity contribution is 4.72. The zero-order chi connectivity index (χ0) is 9.52. The molecule has 2 nitrogen and oxygen atoms in total. The summed E-state index contributed by atoms with van der Waals surface area (Å²) in [7, 11) is 0. The number of nitrogens with two attached hydrogens (primary N) is 1. The molecule has 2 heteroatoms. The molecule has 1 fully saturated rings. The average molecular weight is 184 g/mol. The molecule has 0 bridgehead atoms. The lowest BCUT2D eigenvalue weighted by atomic mass is 9.95. The van der Waals surface area contributed by atoms with Crippen LogP contribution >= 0.6 is 0 Å². The highest BCUT2D eigenvalue weighted by Crippen LogP contribution is 2.18. The van der Waals surface area contributed by atoms with Crippen molar-refractivity contribution in [3.63, 3.8) is 0 Å². The Kier molecular flexibility index (Phi) is 5.40. The number of hydrogen-bond acceptors (Lipinski definition) is 2. The van der Waals surface area contributed by atoms with Crippen molar-refractivity contribution in [2.75, 3.05) is 26.2 Å². The molecule has 0 saturated carbocycles. The quantitative estimate of drug-likeness (QED) is 0.706. The Hall–Kier alpha value is -0.0800. The van der Waals surface area contributed by atoms with Gasteiger partial charge in [0.2, 0.25) is 0 Å². The van der Waals surface area contributed by atoms with Crippen molar-refractivity contribution in [3.05, 3.63) is 0 Å². The maximum atomic E-state index is 5.59. The maximum Gasteiger partial charge on any atom is 0.00101 e. The summed E-state index contributed by atoms with van der Waals surface area (Å²) in [6.45, 7) is 7.06. The monoisotopic (exact) mass is 184 g/mol. The molecule has 0 aromatic rings. The zero-order valence-electron chi connectivity index (χ0n) is 8.97. The van der Waals surface area contributed by atoms with E-state index >= 15 is 0 Å². The largest absolute Gasteiger partial charge is 0.330 e. The number of likely N-dealkylation sites (tertiary alicyclic amines) is 1. The molecule has 0 radical (unpaired) electrons.